The summed E-state index contributed by atoms with van der Waals surface area (Å²) in [6.07, 6.45) is 0.779. The Labute approximate surface area is 82.0 Å². The minimum Gasteiger partial charge on any atom is -0.396 e. The Balaban J connectivity index is 2.56. The van der Waals surface area contributed by atoms with Crippen LogP contribution in [-0.2, 0) is 0 Å². The quantitative estimate of drug-likeness (QED) is 0.595. The van der Waals surface area contributed by atoms with Crippen LogP contribution in [0.1, 0.15) is 12.0 Å². The maximum atomic E-state index is 12.7. The molecule has 3 heteroatoms. The van der Waals surface area contributed by atoms with Gasteiger partial charge in [-0.25, -0.2) is 4.39 Å². The lowest BCUT2D eigenvalue weighted by atomic mass is 10.2. The predicted molar refractivity (Wildman–Crippen MR) is 53.6 cm³/mol. The van der Waals surface area contributed by atoms with Crippen LogP contribution in [-0.4, -0.2) is 17.5 Å². The summed E-state index contributed by atoms with van der Waals surface area (Å²) in [5, 5.41) is 8.58. The number of aliphatic hydroxyl groups excluding tert-OH is 1. The molecule has 0 atom stereocenters. The van der Waals surface area contributed by atoms with E-state index in [4.69, 9.17) is 5.11 Å². The third kappa shape index (κ3) is 3.36. The van der Waals surface area contributed by atoms with Crippen LogP contribution in [0.15, 0.2) is 23.1 Å². The van der Waals surface area contributed by atoms with Crippen LogP contribution in [0.25, 0.3) is 0 Å². The summed E-state index contributed by atoms with van der Waals surface area (Å²) in [4.78, 5) is 1.09. The number of thioether (sulfide) groups is 1. The van der Waals surface area contributed by atoms with E-state index in [0.29, 0.717) is 0 Å². The molecule has 0 aliphatic rings. The van der Waals surface area contributed by atoms with Crippen molar-refractivity contribution in [3.63, 3.8) is 0 Å². The lowest BCUT2D eigenvalue weighted by Gasteiger charge is -2.04. The van der Waals surface area contributed by atoms with Gasteiger partial charge in [0.2, 0.25) is 0 Å². The molecule has 0 aliphatic heterocycles. The second-order valence-electron chi connectivity index (χ2n) is 2.84. The molecule has 1 N–H and O–H groups in total. The smallest absolute Gasteiger partial charge is 0.123 e. The molecule has 0 aliphatic carbocycles. The Bertz CT molecular complexity index is 276. The molecular formula is C10H13FOS. The maximum absolute atomic E-state index is 12.7. The van der Waals surface area contributed by atoms with Crippen molar-refractivity contribution in [1.29, 1.82) is 0 Å². The van der Waals surface area contributed by atoms with Gasteiger partial charge in [-0.3, -0.25) is 0 Å². The lowest BCUT2D eigenvalue weighted by Crippen LogP contribution is -1.87. The summed E-state index contributed by atoms with van der Waals surface area (Å²) < 4.78 is 12.7. The zero-order valence-corrected chi connectivity index (χ0v) is 8.40. The molecule has 1 aromatic rings. The fourth-order valence-electron chi connectivity index (χ4n) is 1.02. The van der Waals surface area contributed by atoms with E-state index in [9.17, 15) is 4.39 Å². The summed E-state index contributed by atoms with van der Waals surface area (Å²) >= 11 is 1.65. The monoisotopic (exact) mass is 200 g/mol. The van der Waals surface area contributed by atoms with E-state index in [1.54, 1.807) is 17.8 Å². The molecule has 0 saturated heterocycles. The van der Waals surface area contributed by atoms with Crippen molar-refractivity contribution in [3.8, 4) is 0 Å². The molecular weight excluding hydrogens is 187 g/mol. The molecule has 1 aromatic carbocycles. The number of benzene rings is 1. The SMILES string of the molecule is Cc1cc(F)ccc1SCCCO. The number of aryl methyl sites for hydroxylation is 1. The van der Waals surface area contributed by atoms with Crippen molar-refractivity contribution in [2.24, 2.45) is 0 Å². The second-order valence-corrected chi connectivity index (χ2v) is 3.97. The molecule has 72 valence electrons. The van der Waals surface area contributed by atoms with Gasteiger partial charge in [-0.2, -0.15) is 0 Å². The second kappa shape index (κ2) is 5.25. The topological polar surface area (TPSA) is 20.2 Å². The Hall–Kier alpha value is -0.540. The maximum Gasteiger partial charge on any atom is 0.123 e. The average molecular weight is 200 g/mol. The highest BCUT2D eigenvalue weighted by molar-refractivity contribution is 7.99. The van der Waals surface area contributed by atoms with Gasteiger partial charge in [0.15, 0.2) is 0 Å². The largest absolute Gasteiger partial charge is 0.396 e. The first-order chi connectivity index (χ1) is 6.24. The number of hydrogen-bond donors (Lipinski definition) is 1. The Kier molecular flexibility index (Phi) is 4.25. The van der Waals surface area contributed by atoms with E-state index in [2.05, 4.69) is 0 Å². The third-order valence-corrected chi connectivity index (χ3v) is 2.96. The summed E-state index contributed by atoms with van der Waals surface area (Å²) in [7, 11) is 0. The summed E-state index contributed by atoms with van der Waals surface area (Å²) in [5.41, 5.74) is 0.961. The molecule has 0 bridgehead atoms. The predicted octanol–water partition coefficient (Wildman–Crippen LogP) is 2.61. The zero-order chi connectivity index (χ0) is 9.68. The zero-order valence-electron chi connectivity index (χ0n) is 7.59. The first-order valence-electron chi connectivity index (χ1n) is 4.24. The molecule has 0 heterocycles. The first-order valence-corrected chi connectivity index (χ1v) is 5.22. The molecule has 0 unspecified atom stereocenters. The van der Waals surface area contributed by atoms with Crippen LogP contribution >= 0.6 is 11.8 Å². The van der Waals surface area contributed by atoms with Gasteiger partial charge in [0.05, 0.1) is 0 Å². The minimum absolute atomic E-state index is 0.191. The molecule has 0 aromatic heterocycles. The van der Waals surface area contributed by atoms with E-state index < -0.39 is 0 Å². The van der Waals surface area contributed by atoms with Crippen LogP contribution in [0.3, 0.4) is 0 Å². The van der Waals surface area contributed by atoms with Gasteiger partial charge < -0.3 is 5.11 Å². The lowest BCUT2D eigenvalue weighted by molar-refractivity contribution is 0.296. The number of halogens is 1. The molecule has 0 saturated carbocycles. The van der Waals surface area contributed by atoms with Gasteiger partial charge in [0.1, 0.15) is 5.82 Å². The van der Waals surface area contributed by atoms with E-state index >= 15 is 0 Å². The van der Waals surface area contributed by atoms with Crippen LogP contribution in [0.4, 0.5) is 4.39 Å². The highest BCUT2D eigenvalue weighted by Crippen LogP contribution is 2.23. The molecule has 1 rings (SSSR count). The molecule has 0 radical (unpaired) electrons. The van der Waals surface area contributed by atoms with Gasteiger partial charge in [0, 0.05) is 17.3 Å². The van der Waals surface area contributed by atoms with Crippen molar-refractivity contribution < 1.29 is 9.50 Å². The van der Waals surface area contributed by atoms with E-state index in [0.717, 1.165) is 22.6 Å². The van der Waals surface area contributed by atoms with Crippen molar-refractivity contribution in [2.75, 3.05) is 12.4 Å². The molecule has 0 spiro atoms. The van der Waals surface area contributed by atoms with Crippen molar-refractivity contribution in [2.45, 2.75) is 18.2 Å². The normalized spacial score (nSPS) is 10.4. The molecule has 0 fully saturated rings. The fraction of sp³-hybridized carbons (Fsp3) is 0.400. The highest BCUT2D eigenvalue weighted by atomic mass is 32.2. The van der Waals surface area contributed by atoms with Crippen LogP contribution in [0.2, 0.25) is 0 Å². The summed E-state index contributed by atoms with van der Waals surface area (Å²) in [6.45, 7) is 2.11. The van der Waals surface area contributed by atoms with Gasteiger partial charge in [0.25, 0.3) is 0 Å². The average Bonchev–Trinajstić information content (AvgIpc) is 2.09. The number of hydrogen-bond acceptors (Lipinski definition) is 2. The van der Waals surface area contributed by atoms with E-state index in [1.165, 1.54) is 12.1 Å². The summed E-state index contributed by atoms with van der Waals surface area (Å²) in [6, 6.07) is 4.78. The summed E-state index contributed by atoms with van der Waals surface area (Å²) in [5.74, 6) is 0.687. The van der Waals surface area contributed by atoms with Crippen LogP contribution in [0.5, 0.6) is 0 Å². The Morgan fingerprint density at radius 3 is 2.85 bits per heavy atom. The van der Waals surface area contributed by atoms with Crippen molar-refractivity contribution >= 4 is 11.8 Å². The highest BCUT2D eigenvalue weighted by Gasteiger charge is 1.99. The van der Waals surface area contributed by atoms with Crippen molar-refractivity contribution in [3.05, 3.63) is 29.6 Å². The Morgan fingerprint density at radius 2 is 2.23 bits per heavy atom. The van der Waals surface area contributed by atoms with Gasteiger partial charge >= 0.3 is 0 Å². The van der Waals surface area contributed by atoms with E-state index in [-0.39, 0.29) is 12.4 Å². The van der Waals surface area contributed by atoms with Gasteiger partial charge in [-0.15, -0.1) is 11.8 Å². The number of aliphatic hydroxyl groups is 1. The van der Waals surface area contributed by atoms with Crippen molar-refractivity contribution in [1.82, 2.24) is 0 Å². The van der Waals surface area contributed by atoms with E-state index in [1.807, 2.05) is 6.92 Å². The Morgan fingerprint density at radius 1 is 1.46 bits per heavy atom. The van der Waals surface area contributed by atoms with Crippen LogP contribution in [0, 0.1) is 12.7 Å². The minimum atomic E-state index is -0.191. The molecule has 0 amide bonds. The van der Waals surface area contributed by atoms with Crippen LogP contribution < -0.4 is 0 Å². The molecule has 13 heavy (non-hydrogen) atoms. The molecule has 1 nitrogen and oxygen atoms in total. The fourth-order valence-corrected chi connectivity index (χ4v) is 1.97. The standard InChI is InChI=1S/C10H13FOS/c1-8-7-9(11)3-4-10(8)13-6-2-5-12/h3-4,7,12H,2,5-6H2,1H3. The first kappa shape index (κ1) is 10.5. The van der Waals surface area contributed by atoms with Gasteiger partial charge in [-0.1, -0.05) is 0 Å². The van der Waals surface area contributed by atoms with Gasteiger partial charge in [-0.05, 0) is 37.1 Å². The number of rotatable bonds is 4. The third-order valence-electron chi connectivity index (χ3n) is 1.70.